The first kappa shape index (κ1) is 30.5. The molecule has 0 bridgehead atoms. The first-order valence-corrected chi connectivity index (χ1v) is 17.5. The molecule has 2 heterocycles. The maximum Gasteiger partial charge on any atom is 0.253 e. The second kappa shape index (κ2) is 11.0. The van der Waals surface area contributed by atoms with E-state index in [1.165, 1.54) is 6.92 Å². The highest BCUT2D eigenvalue weighted by molar-refractivity contribution is 6.52. The van der Waals surface area contributed by atoms with Crippen LogP contribution in [0.3, 0.4) is 0 Å². The van der Waals surface area contributed by atoms with E-state index in [0.29, 0.717) is 41.8 Å². The number of nitrogens with one attached hydrogen (secondary N) is 5. The zero-order valence-electron chi connectivity index (χ0n) is 28.0. The van der Waals surface area contributed by atoms with Gasteiger partial charge in [0.2, 0.25) is 11.8 Å². The van der Waals surface area contributed by atoms with Crippen molar-refractivity contribution in [2.24, 2.45) is 4.99 Å². The van der Waals surface area contributed by atoms with E-state index in [2.05, 4.69) is 33.0 Å². The minimum Gasteiger partial charge on any atom is -0.871 e. The summed E-state index contributed by atoms with van der Waals surface area (Å²) in [6.07, 6.45) is 7.30. The van der Waals surface area contributed by atoms with Crippen molar-refractivity contribution >= 4 is 67.4 Å². The van der Waals surface area contributed by atoms with Gasteiger partial charge in [0.1, 0.15) is 18.5 Å². The average Bonchev–Trinajstić information content (AvgIpc) is 3.09. The molecule has 2 fully saturated rings. The third-order valence-electron chi connectivity index (χ3n) is 11.2. The zero-order chi connectivity index (χ0) is 34.4. The Hall–Kier alpha value is -5.51. The number of benzene rings is 4. The Morgan fingerprint density at radius 3 is 2.14 bits per heavy atom. The smallest absolute Gasteiger partial charge is 0.253 e. The molecule has 10 heteroatoms. The van der Waals surface area contributed by atoms with Gasteiger partial charge < -0.3 is 31.7 Å². The lowest BCUT2D eigenvalue weighted by Gasteiger charge is -2.41. The van der Waals surface area contributed by atoms with Crippen molar-refractivity contribution in [2.75, 3.05) is 16.0 Å². The molecule has 2 atom stereocenters. The summed E-state index contributed by atoms with van der Waals surface area (Å²) in [5, 5.41) is 36.6. The summed E-state index contributed by atoms with van der Waals surface area (Å²) in [6.45, 7) is 3.08. The largest absolute Gasteiger partial charge is 0.871 e. The monoisotopic (exact) mass is 666 g/mol. The van der Waals surface area contributed by atoms with Gasteiger partial charge in [-0.25, -0.2) is 0 Å². The predicted molar refractivity (Wildman–Crippen MR) is 192 cm³/mol. The van der Waals surface area contributed by atoms with Crippen LogP contribution in [-0.4, -0.2) is 41.0 Å². The van der Waals surface area contributed by atoms with Crippen LogP contribution in [0.2, 0.25) is 0 Å². The molecule has 0 aromatic heterocycles. The number of carbonyl (C=O) groups is 3. The molecule has 5 aliphatic rings. The van der Waals surface area contributed by atoms with Gasteiger partial charge in [0.15, 0.2) is 5.78 Å². The number of amides is 2. The summed E-state index contributed by atoms with van der Waals surface area (Å²) in [4.78, 5) is 43.1. The molecule has 4 aromatic carbocycles. The number of nitrogens with zero attached hydrogens (tertiary/aromatic N) is 1. The van der Waals surface area contributed by atoms with E-state index < -0.39 is 11.3 Å². The lowest BCUT2D eigenvalue weighted by atomic mass is 9.78. The molecule has 5 N–H and O–H groups in total. The van der Waals surface area contributed by atoms with Crippen LogP contribution in [0.15, 0.2) is 71.4 Å². The van der Waals surface area contributed by atoms with Crippen LogP contribution in [0.1, 0.15) is 64.4 Å². The number of rotatable bonds is 3. The van der Waals surface area contributed by atoms with Crippen LogP contribution in [0.4, 0.5) is 17.1 Å². The maximum absolute atomic E-state index is 14.3. The Morgan fingerprint density at radius 2 is 1.46 bits per heavy atom. The van der Waals surface area contributed by atoms with Crippen molar-refractivity contribution in [3.05, 3.63) is 89.0 Å². The Kier molecular flexibility index (Phi) is 6.72. The van der Waals surface area contributed by atoms with E-state index in [9.17, 15) is 19.5 Å². The summed E-state index contributed by atoms with van der Waals surface area (Å²) < 4.78 is 0. The van der Waals surface area contributed by atoms with Crippen LogP contribution in [0.25, 0.3) is 32.7 Å². The van der Waals surface area contributed by atoms with Gasteiger partial charge in [0, 0.05) is 70.4 Å². The normalized spacial score (nSPS) is 27.4. The molecular formula is C40H38N6O4. The molecule has 2 saturated carbocycles. The van der Waals surface area contributed by atoms with E-state index in [-0.39, 0.29) is 46.6 Å². The minimum absolute atomic E-state index is 0.0340. The molecule has 252 valence electrons. The van der Waals surface area contributed by atoms with E-state index in [1.807, 2.05) is 60.7 Å². The second-order valence-corrected chi connectivity index (χ2v) is 14.5. The van der Waals surface area contributed by atoms with E-state index in [0.717, 1.165) is 57.9 Å². The molecule has 4 aromatic rings. The Morgan fingerprint density at radius 1 is 0.800 bits per heavy atom. The molecule has 2 aliphatic heterocycles. The predicted octanol–water partition coefficient (Wildman–Crippen LogP) is 3.74. The van der Waals surface area contributed by atoms with Crippen LogP contribution >= 0.6 is 0 Å². The highest BCUT2D eigenvalue weighted by Gasteiger charge is 2.48. The lowest BCUT2D eigenvalue weighted by Crippen LogP contribution is -2.54. The standard InChI is InChI=1S/C40H38N6O4/c1-21(47)41-25-13-17-39(18-14-25)43-29-7-3-5-23-9-11-27(35(45-39)31(23)29)33-37(49)34(38(33)50)28-12-10-24-6-4-8-30-32(24)36(28)46-40(44-30)19-15-26(16-20-40)42-22(2)48/h3-12,17,25-26H,13-16,18-20H2,1-2H3,(H5-,41,42,43,44,45,46,47,48,49,50). The van der Waals surface area contributed by atoms with Crippen molar-refractivity contribution < 1.29 is 19.5 Å². The first-order valence-electron chi connectivity index (χ1n) is 17.5. The average molecular weight is 667 g/mol. The second-order valence-electron chi connectivity index (χ2n) is 14.5. The van der Waals surface area contributed by atoms with E-state index >= 15 is 0 Å². The molecular weight excluding hydrogens is 628 g/mol. The van der Waals surface area contributed by atoms with Gasteiger partial charge in [-0.05, 0) is 55.0 Å². The van der Waals surface area contributed by atoms with Gasteiger partial charge in [-0.1, -0.05) is 54.3 Å². The number of hydrogen-bond acceptors (Lipinski definition) is 8. The number of anilines is 3. The summed E-state index contributed by atoms with van der Waals surface area (Å²) in [6, 6.07) is 20.0. The van der Waals surface area contributed by atoms with Crippen LogP contribution in [-0.2, 0) is 14.4 Å². The first-order chi connectivity index (χ1) is 24.1. The van der Waals surface area contributed by atoms with Gasteiger partial charge in [-0.3, -0.25) is 19.4 Å². The number of Topliss-reactive ketones (excluding diaryl/α,β-unsaturated/α-hetero) is 1. The van der Waals surface area contributed by atoms with Crippen LogP contribution < -0.4 is 42.3 Å². The summed E-state index contributed by atoms with van der Waals surface area (Å²) in [5.41, 5.74) is 2.43. The van der Waals surface area contributed by atoms with Crippen LogP contribution in [0.5, 0.6) is 0 Å². The third kappa shape index (κ3) is 4.72. The van der Waals surface area contributed by atoms with Crippen molar-refractivity contribution in [2.45, 2.75) is 82.2 Å². The zero-order valence-corrected chi connectivity index (χ0v) is 28.0. The Balaban J connectivity index is 1.16. The molecule has 2 spiro atoms. The van der Waals surface area contributed by atoms with Crippen molar-refractivity contribution in [1.29, 1.82) is 0 Å². The third-order valence-corrected chi connectivity index (χ3v) is 11.2. The van der Waals surface area contributed by atoms with Gasteiger partial charge in [-0.15, -0.1) is 0 Å². The molecule has 10 nitrogen and oxygen atoms in total. The van der Waals surface area contributed by atoms with Crippen molar-refractivity contribution in [3.63, 3.8) is 0 Å². The minimum atomic E-state index is -0.590. The fourth-order valence-corrected chi connectivity index (χ4v) is 8.85. The van der Waals surface area contributed by atoms with Gasteiger partial charge in [-0.2, -0.15) is 0 Å². The number of ketones is 1. The number of carbonyl (C=O) groups excluding carboxylic acids is 3. The summed E-state index contributed by atoms with van der Waals surface area (Å²) in [7, 11) is 0. The van der Waals surface area contributed by atoms with Gasteiger partial charge >= 0.3 is 0 Å². The van der Waals surface area contributed by atoms with Crippen molar-refractivity contribution in [3.8, 4) is 0 Å². The fraction of sp³-hybridized carbons (Fsp3) is 0.325. The lowest BCUT2D eigenvalue weighted by molar-refractivity contribution is -0.292. The summed E-state index contributed by atoms with van der Waals surface area (Å²) >= 11 is 0. The highest BCUT2D eigenvalue weighted by Crippen LogP contribution is 2.48. The molecule has 2 amide bonds. The summed E-state index contributed by atoms with van der Waals surface area (Å²) in [5.74, 6) is -0.632. The number of allylic oxidation sites excluding steroid dienone is 2. The molecule has 9 rings (SSSR count). The maximum atomic E-state index is 14.3. The molecule has 50 heavy (non-hydrogen) atoms. The molecule has 0 radical (unpaired) electrons. The highest BCUT2D eigenvalue weighted by atomic mass is 16.3. The Labute approximate surface area is 289 Å². The fourth-order valence-electron chi connectivity index (χ4n) is 8.85. The van der Waals surface area contributed by atoms with E-state index in [1.54, 1.807) is 6.92 Å². The van der Waals surface area contributed by atoms with Crippen LogP contribution in [0, 0.1) is 6.42 Å². The molecule has 3 aliphatic carbocycles. The number of hydrogen-bond donors (Lipinski definition) is 5. The quantitative estimate of drug-likeness (QED) is 0.210. The molecule has 0 saturated heterocycles. The van der Waals surface area contributed by atoms with Crippen molar-refractivity contribution in [1.82, 2.24) is 10.6 Å². The SMILES string of the molecule is CC(=O)NC1C[CH+]C2(CC1)Nc1cccc3ccc(C4=C([O-])/C(=c5\ccc6cccc7c6c5=NC5(CCC(NC(C)=O)CC5)N7)C4=O)c(c13)N2. The Bertz CT molecular complexity index is 2330. The van der Waals surface area contributed by atoms with Gasteiger partial charge in [0.25, 0.3) is 5.66 Å². The molecule has 2 unspecified atom stereocenters. The van der Waals surface area contributed by atoms with Gasteiger partial charge in [0.05, 0.1) is 17.1 Å². The topological polar surface area (TPSA) is 147 Å². The van der Waals surface area contributed by atoms with E-state index in [4.69, 9.17) is 4.99 Å².